The Morgan fingerprint density at radius 2 is 2.12 bits per heavy atom. The molecule has 0 radical (unpaired) electrons. The van der Waals surface area contributed by atoms with E-state index in [1.165, 1.54) is 0 Å². The van der Waals surface area contributed by atoms with Crippen LogP contribution in [-0.4, -0.2) is 49.6 Å². The predicted octanol–water partition coefficient (Wildman–Crippen LogP) is 0.441. The van der Waals surface area contributed by atoms with Crippen molar-refractivity contribution in [2.24, 2.45) is 5.92 Å². The highest BCUT2D eigenvalue weighted by Gasteiger charge is 2.30. The first-order valence-corrected chi connectivity index (χ1v) is 6.03. The highest BCUT2D eigenvalue weighted by molar-refractivity contribution is 5.79. The zero-order chi connectivity index (χ0) is 12.3. The first-order chi connectivity index (χ1) is 7.34. The van der Waals surface area contributed by atoms with Gasteiger partial charge >= 0.3 is 0 Å². The molecule has 94 valence electrons. The van der Waals surface area contributed by atoms with Gasteiger partial charge in [-0.15, -0.1) is 0 Å². The van der Waals surface area contributed by atoms with Gasteiger partial charge in [0.15, 0.2) is 0 Å². The largest absolute Gasteiger partial charge is 0.354 e. The van der Waals surface area contributed by atoms with Crippen LogP contribution in [0.4, 0.5) is 0 Å². The lowest BCUT2D eigenvalue weighted by Gasteiger charge is -2.33. The maximum absolute atomic E-state index is 12.0. The summed E-state index contributed by atoms with van der Waals surface area (Å²) < 4.78 is 0. The van der Waals surface area contributed by atoms with Crippen molar-refractivity contribution in [1.82, 2.24) is 15.5 Å². The van der Waals surface area contributed by atoms with Gasteiger partial charge in [0.2, 0.25) is 5.91 Å². The van der Waals surface area contributed by atoms with Gasteiger partial charge in [-0.3, -0.25) is 4.79 Å². The van der Waals surface area contributed by atoms with Crippen LogP contribution in [0.2, 0.25) is 0 Å². The zero-order valence-electron chi connectivity index (χ0n) is 11.1. The lowest BCUT2D eigenvalue weighted by Crippen LogP contribution is -2.50. The van der Waals surface area contributed by atoms with Gasteiger partial charge in [-0.25, -0.2) is 0 Å². The summed E-state index contributed by atoms with van der Waals surface area (Å²) in [6.07, 6.45) is 0.954. The van der Waals surface area contributed by atoms with Crippen LogP contribution < -0.4 is 10.6 Å². The van der Waals surface area contributed by atoms with Crippen molar-refractivity contribution in [3.8, 4) is 0 Å². The number of nitrogens with one attached hydrogen (secondary N) is 2. The van der Waals surface area contributed by atoms with Crippen LogP contribution in [0.1, 0.15) is 27.2 Å². The summed E-state index contributed by atoms with van der Waals surface area (Å²) in [4.78, 5) is 14.1. The van der Waals surface area contributed by atoms with E-state index in [9.17, 15) is 4.79 Å². The predicted molar refractivity (Wildman–Crippen MR) is 66.3 cm³/mol. The maximum Gasteiger partial charge on any atom is 0.224 e. The lowest BCUT2D eigenvalue weighted by atomic mass is 9.99. The van der Waals surface area contributed by atoms with E-state index >= 15 is 0 Å². The van der Waals surface area contributed by atoms with Crippen LogP contribution in [0.3, 0.4) is 0 Å². The molecule has 0 spiro atoms. The number of rotatable bonds is 4. The summed E-state index contributed by atoms with van der Waals surface area (Å²) in [6, 6.07) is 0.308. The summed E-state index contributed by atoms with van der Waals surface area (Å²) in [5.74, 6) is 0.324. The first-order valence-electron chi connectivity index (χ1n) is 6.03. The Morgan fingerprint density at radius 1 is 1.50 bits per heavy atom. The fourth-order valence-electron chi connectivity index (χ4n) is 1.81. The van der Waals surface area contributed by atoms with Crippen LogP contribution >= 0.6 is 0 Å². The van der Waals surface area contributed by atoms with Crippen molar-refractivity contribution in [1.29, 1.82) is 0 Å². The van der Waals surface area contributed by atoms with Crippen molar-refractivity contribution >= 4 is 5.91 Å². The Hall–Kier alpha value is -0.610. The number of hydrogen-bond acceptors (Lipinski definition) is 3. The fourth-order valence-corrected chi connectivity index (χ4v) is 1.81. The summed E-state index contributed by atoms with van der Waals surface area (Å²) in [6.45, 7) is 7.99. The van der Waals surface area contributed by atoms with Gasteiger partial charge in [-0.05, 0) is 47.8 Å². The summed E-state index contributed by atoms with van der Waals surface area (Å²) >= 11 is 0. The molecule has 1 fully saturated rings. The van der Waals surface area contributed by atoms with Crippen LogP contribution in [-0.2, 0) is 4.79 Å². The van der Waals surface area contributed by atoms with Crippen molar-refractivity contribution in [2.45, 2.75) is 38.8 Å². The summed E-state index contributed by atoms with van der Waals surface area (Å²) in [5, 5.41) is 6.36. The van der Waals surface area contributed by atoms with Gasteiger partial charge < -0.3 is 15.5 Å². The molecule has 1 aliphatic heterocycles. The van der Waals surface area contributed by atoms with E-state index in [0.29, 0.717) is 12.6 Å². The molecule has 2 N–H and O–H groups in total. The SMILES string of the molecule is CC1NCCC1C(=O)NCC(C)(C)N(C)C. The fraction of sp³-hybridized carbons (Fsp3) is 0.917. The van der Waals surface area contributed by atoms with Crippen molar-refractivity contribution in [3.63, 3.8) is 0 Å². The third kappa shape index (κ3) is 3.19. The van der Waals surface area contributed by atoms with E-state index in [1.54, 1.807) is 0 Å². The monoisotopic (exact) mass is 227 g/mol. The molecule has 0 aromatic rings. The Bertz CT molecular complexity index is 251. The van der Waals surface area contributed by atoms with Crippen LogP contribution in [0.15, 0.2) is 0 Å². The first kappa shape index (κ1) is 13.5. The minimum Gasteiger partial charge on any atom is -0.354 e. The molecular formula is C12H25N3O. The minimum atomic E-state index is 0.00489. The molecule has 1 rings (SSSR count). The van der Waals surface area contributed by atoms with Crippen LogP contribution in [0.5, 0.6) is 0 Å². The Morgan fingerprint density at radius 3 is 2.56 bits per heavy atom. The molecule has 1 heterocycles. The average Bonchev–Trinajstić information content (AvgIpc) is 2.61. The van der Waals surface area contributed by atoms with E-state index in [0.717, 1.165) is 13.0 Å². The molecule has 2 unspecified atom stereocenters. The van der Waals surface area contributed by atoms with Gasteiger partial charge in [0.05, 0.1) is 5.92 Å². The van der Waals surface area contributed by atoms with Gasteiger partial charge in [0.25, 0.3) is 0 Å². The van der Waals surface area contributed by atoms with E-state index in [1.807, 2.05) is 14.1 Å². The lowest BCUT2D eigenvalue weighted by molar-refractivity contribution is -0.125. The van der Waals surface area contributed by atoms with E-state index < -0.39 is 0 Å². The average molecular weight is 227 g/mol. The standard InChI is InChI=1S/C12H25N3O/c1-9-10(6-7-13-9)11(16)14-8-12(2,3)15(4)5/h9-10,13H,6-8H2,1-5H3,(H,14,16). The highest BCUT2D eigenvalue weighted by Crippen LogP contribution is 2.15. The normalized spacial score (nSPS) is 26.1. The molecule has 0 aliphatic carbocycles. The number of nitrogens with zero attached hydrogens (tertiary/aromatic N) is 1. The molecule has 2 atom stereocenters. The maximum atomic E-state index is 12.0. The zero-order valence-corrected chi connectivity index (χ0v) is 11.1. The van der Waals surface area contributed by atoms with E-state index in [2.05, 4.69) is 36.3 Å². The van der Waals surface area contributed by atoms with Crippen molar-refractivity contribution in [2.75, 3.05) is 27.2 Å². The number of carbonyl (C=O) groups excluding carboxylic acids is 1. The van der Waals surface area contributed by atoms with Gasteiger partial charge in [-0.1, -0.05) is 0 Å². The van der Waals surface area contributed by atoms with Crippen LogP contribution in [0.25, 0.3) is 0 Å². The number of likely N-dealkylation sites (N-methyl/N-ethyl adjacent to an activating group) is 1. The van der Waals surface area contributed by atoms with E-state index in [4.69, 9.17) is 0 Å². The quantitative estimate of drug-likeness (QED) is 0.732. The second kappa shape index (κ2) is 5.15. The third-order valence-electron chi connectivity index (χ3n) is 3.77. The third-order valence-corrected chi connectivity index (χ3v) is 3.77. The molecule has 0 saturated carbocycles. The minimum absolute atomic E-state index is 0.00489. The Labute approximate surface area is 98.8 Å². The van der Waals surface area contributed by atoms with Gasteiger partial charge in [0, 0.05) is 18.1 Å². The van der Waals surface area contributed by atoms with Crippen molar-refractivity contribution in [3.05, 3.63) is 0 Å². The molecule has 4 heteroatoms. The molecule has 0 bridgehead atoms. The smallest absolute Gasteiger partial charge is 0.224 e. The van der Waals surface area contributed by atoms with Crippen LogP contribution in [0, 0.1) is 5.92 Å². The number of hydrogen-bond donors (Lipinski definition) is 2. The second-order valence-corrected chi connectivity index (χ2v) is 5.56. The molecular weight excluding hydrogens is 202 g/mol. The highest BCUT2D eigenvalue weighted by atomic mass is 16.1. The molecule has 4 nitrogen and oxygen atoms in total. The summed E-state index contributed by atoms with van der Waals surface area (Å²) in [5.41, 5.74) is 0.00489. The van der Waals surface area contributed by atoms with Gasteiger partial charge in [-0.2, -0.15) is 0 Å². The molecule has 1 amide bonds. The molecule has 1 saturated heterocycles. The molecule has 0 aromatic heterocycles. The van der Waals surface area contributed by atoms with Crippen molar-refractivity contribution < 1.29 is 4.79 Å². The molecule has 0 aromatic carbocycles. The summed E-state index contributed by atoms with van der Waals surface area (Å²) in [7, 11) is 4.07. The second-order valence-electron chi connectivity index (χ2n) is 5.56. The molecule has 16 heavy (non-hydrogen) atoms. The van der Waals surface area contributed by atoms with E-state index in [-0.39, 0.29) is 17.4 Å². The molecule has 1 aliphatic rings. The number of carbonyl (C=O) groups is 1. The Balaban J connectivity index is 2.41. The van der Waals surface area contributed by atoms with Gasteiger partial charge in [0.1, 0.15) is 0 Å². The number of amides is 1. The topological polar surface area (TPSA) is 44.4 Å². The Kier molecular flexibility index (Phi) is 4.33.